The Bertz CT molecular complexity index is 445. The Balaban J connectivity index is 2.03. The summed E-state index contributed by atoms with van der Waals surface area (Å²) in [4.78, 5) is 0. The number of benzene rings is 1. The fourth-order valence-electron chi connectivity index (χ4n) is 2.12. The van der Waals surface area contributed by atoms with E-state index in [0.29, 0.717) is 6.42 Å². The van der Waals surface area contributed by atoms with Gasteiger partial charge in [-0.15, -0.1) is 0 Å². The Kier molecular flexibility index (Phi) is 4.01. The Morgan fingerprint density at radius 3 is 2.79 bits per heavy atom. The smallest absolute Gasteiger partial charge is 0.417 e. The quantitative estimate of drug-likeness (QED) is 0.891. The second kappa shape index (κ2) is 5.38. The molecule has 2 rings (SSSR count). The second-order valence-corrected chi connectivity index (χ2v) is 4.64. The first kappa shape index (κ1) is 14.1. The van der Waals surface area contributed by atoms with E-state index in [1.54, 1.807) is 12.1 Å². The van der Waals surface area contributed by atoms with Crippen molar-refractivity contribution in [3.8, 4) is 5.75 Å². The van der Waals surface area contributed by atoms with Crippen molar-refractivity contribution in [3.63, 3.8) is 0 Å². The van der Waals surface area contributed by atoms with Crippen molar-refractivity contribution in [2.45, 2.75) is 37.6 Å². The molecule has 2 atom stereocenters. The van der Waals surface area contributed by atoms with E-state index < -0.39 is 25.0 Å². The zero-order valence-electron chi connectivity index (χ0n) is 10.2. The van der Waals surface area contributed by atoms with Crippen molar-refractivity contribution in [2.24, 2.45) is 0 Å². The minimum atomic E-state index is -4.68. The van der Waals surface area contributed by atoms with Crippen LogP contribution >= 0.6 is 0 Å². The number of aryl methyl sites for hydroxylation is 1. The lowest BCUT2D eigenvalue weighted by atomic mass is 9.89. The van der Waals surface area contributed by atoms with Crippen molar-refractivity contribution in [2.75, 3.05) is 6.61 Å². The summed E-state index contributed by atoms with van der Waals surface area (Å²) in [6.45, 7) is -0.829. The molecule has 0 radical (unpaired) electrons. The van der Waals surface area contributed by atoms with Gasteiger partial charge in [-0.1, -0.05) is 6.07 Å². The van der Waals surface area contributed by atoms with E-state index in [2.05, 4.69) is 0 Å². The van der Waals surface area contributed by atoms with Crippen molar-refractivity contribution in [3.05, 3.63) is 29.3 Å². The van der Waals surface area contributed by atoms with Gasteiger partial charge >= 0.3 is 6.18 Å². The third kappa shape index (κ3) is 3.39. The highest BCUT2D eigenvalue weighted by Gasteiger charge is 2.38. The summed E-state index contributed by atoms with van der Waals surface area (Å²) < 4.78 is 41.3. The number of aliphatic hydroxyl groups excluding tert-OH is 2. The van der Waals surface area contributed by atoms with Crippen molar-refractivity contribution in [1.82, 2.24) is 0 Å². The van der Waals surface area contributed by atoms with Gasteiger partial charge in [-0.25, -0.2) is 0 Å². The highest BCUT2D eigenvalue weighted by Crippen LogP contribution is 2.32. The van der Waals surface area contributed by atoms with E-state index in [1.165, 1.54) is 6.07 Å². The Labute approximate surface area is 108 Å². The van der Waals surface area contributed by atoms with Crippen LogP contribution in [0.25, 0.3) is 0 Å². The highest BCUT2D eigenvalue weighted by atomic mass is 19.4. The molecule has 0 spiro atoms. The summed E-state index contributed by atoms with van der Waals surface area (Å²) in [6.07, 6.45) is -5.38. The van der Waals surface area contributed by atoms with Crippen LogP contribution in [0.1, 0.15) is 30.1 Å². The summed E-state index contributed by atoms with van der Waals surface area (Å²) in [6, 6.07) is 4.80. The average Bonchev–Trinajstić information content (AvgIpc) is 2.35. The average molecular weight is 276 g/mol. The maximum absolute atomic E-state index is 12.1. The van der Waals surface area contributed by atoms with Crippen LogP contribution in [0.4, 0.5) is 13.2 Å². The van der Waals surface area contributed by atoms with Crippen LogP contribution in [0.15, 0.2) is 18.2 Å². The molecular weight excluding hydrogens is 261 g/mol. The molecule has 0 amide bonds. The monoisotopic (exact) mass is 276 g/mol. The predicted octanol–water partition coefficient (Wildman–Crippen LogP) is 2.36. The molecule has 19 heavy (non-hydrogen) atoms. The molecule has 1 aromatic rings. The number of halogens is 3. The molecule has 106 valence electrons. The standard InChI is InChI=1S/C13H15F3O3/c14-13(15,16)12(18)7-19-9-4-5-10-8(6-9)2-1-3-11(10)17/h4-6,11-12,17-18H,1-3,7H2. The van der Waals surface area contributed by atoms with Crippen LogP contribution in [0, 0.1) is 0 Å². The van der Waals surface area contributed by atoms with Crippen LogP contribution < -0.4 is 4.74 Å². The van der Waals surface area contributed by atoms with Gasteiger partial charge in [0.15, 0.2) is 6.10 Å². The fourth-order valence-corrected chi connectivity index (χ4v) is 2.12. The molecule has 0 saturated heterocycles. The van der Waals surface area contributed by atoms with Gasteiger partial charge in [-0.05, 0) is 42.5 Å². The SMILES string of the molecule is OC1CCCc2cc(OCC(O)C(F)(F)F)ccc21. The normalized spacial score (nSPS) is 20.8. The van der Waals surface area contributed by atoms with Gasteiger partial charge < -0.3 is 14.9 Å². The molecule has 0 heterocycles. The van der Waals surface area contributed by atoms with E-state index >= 15 is 0 Å². The van der Waals surface area contributed by atoms with Gasteiger partial charge in [-0.3, -0.25) is 0 Å². The van der Waals surface area contributed by atoms with Gasteiger partial charge in [0.05, 0.1) is 6.10 Å². The van der Waals surface area contributed by atoms with Crippen LogP contribution in [0.3, 0.4) is 0 Å². The molecule has 0 bridgehead atoms. The van der Waals surface area contributed by atoms with Gasteiger partial charge in [0.2, 0.25) is 0 Å². The minimum Gasteiger partial charge on any atom is -0.491 e. The molecular formula is C13H15F3O3. The molecule has 1 aromatic carbocycles. The Morgan fingerprint density at radius 2 is 2.11 bits per heavy atom. The molecule has 6 heteroatoms. The third-order valence-corrected chi connectivity index (χ3v) is 3.18. The summed E-state index contributed by atoms with van der Waals surface area (Å²) >= 11 is 0. The fraction of sp³-hybridized carbons (Fsp3) is 0.538. The van der Waals surface area contributed by atoms with Crippen molar-refractivity contribution >= 4 is 0 Å². The lowest BCUT2D eigenvalue weighted by Crippen LogP contribution is -2.34. The number of hydrogen-bond donors (Lipinski definition) is 2. The maximum Gasteiger partial charge on any atom is 0.417 e. The maximum atomic E-state index is 12.1. The number of hydrogen-bond acceptors (Lipinski definition) is 3. The van der Waals surface area contributed by atoms with E-state index in [-0.39, 0.29) is 5.75 Å². The first-order valence-electron chi connectivity index (χ1n) is 6.06. The van der Waals surface area contributed by atoms with Gasteiger partial charge in [0.1, 0.15) is 12.4 Å². The largest absolute Gasteiger partial charge is 0.491 e. The number of aliphatic hydroxyl groups is 2. The van der Waals surface area contributed by atoms with Crippen molar-refractivity contribution in [1.29, 1.82) is 0 Å². The molecule has 1 aliphatic carbocycles. The zero-order chi connectivity index (χ0) is 14.0. The van der Waals surface area contributed by atoms with E-state index in [1.807, 2.05) is 0 Å². The van der Waals surface area contributed by atoms with E-state index in [4.69, 9.17) is 9.84 Å². The Hall–Kier alpha value is -1.27. The van der Waals surface area contributed by atoms with Crippen molar-refractivity contribution < 1.29 is 28.1 Å². The lowest BCUT2D eigenvalue weighted by Gasteiger charge is -2.22. The zero-order valence-corrected chi connectivity index (χ0v) is 10.2. The van der Waals surface area contributed by atoms with Crippen LogP contribution in [0.5, 0.6) is 5.75 Å². The first-order valence-corrected chi connectivity index (χ1v) is 6.06. The molecule has 0 saturated carbocycles. The summed E-state index contributed by atoms with van der Waals surface area (Å²) in [5.41, 5.74) is 1.69. The molecule has 0 aliphatic heterocycles. The van der Waals surface area contributed by atoms with Gasteiger partial charge in [0.25, 0.3) is 0 Å². The topological polar surface area (TPSA) is 49.7 Å². The van der Waals surface area contributed by atoms with E-state index in [9.17, 15) is 18.3 Å². The van der Waals surface area contributed by atoms with Crippen LogP contribution in [-0.4, -0.2) is 29.1 Å². The molecule has 2 N–H and O–H groups in total. The van der Waals surface area contributed by atoms with Crippen LogP contribution in [-0.2, 0) is 6.42 Å². The van der Waals surface area contributed by atoms with Gasteiger partial charge in [-0.2, -0.15) is 13.2 Å². The van der Waals surface area contributed by atoms with Crippen LogP contribution in [0.2, 0.25) is 0 Å². The first-order chi connectivity index (χ1) is 8.88. The number of ether oxygens (including phenoxy) is 1. The molecule has 0 fully saturated rings. The lowest BCUT2D eigenvalue weighted by molar-refractivity contribution is -0.210. The number of alkyl halides is 3. The number of fused-ring (bicyclic) bond motifs is 1. The molecule has 1 aliphatic rings. The summed E-state index contributed by atoms with van der Waals surface area (Å²) in [7, 11) is 0. The van der Waals surface area contributed by atoms with E-state index in [0.717, 1.165) is 24.0 Å². The molecule has 0 aromatic heterocycles. The summed E-state index contributed by atoms with van der Waals surface area (Å²) in [5.74, 6) is 0.274. The predicted molar refractivity (Wildman–Crippen MR) is 61.9 cm³/mol. The number of rotatable bonds is 3. The summed E-state index contributed by atoms with van der Waals surface area (Å²) in [5, 5.41) is 18.6. The van der Waals surface area contributed by atoms with Gasteiger partial charge in [0, 0.05) is 0 Å². The Morgan fingerprint density at radius 1 is 1.37 bits per heavy atom. The molecule has 3 nitrogen and oxygen atoms in total. The molecule has 2 unspecified atom stereocenters. The highest BCUT2D eigenvalue weighted by molar-refractivity contribution is 5.38. The second-order valence-electron chi connectivity index (χ2n) is 4.64. The third-order valence-electron chi connectivity index (χ3n) is 3.18. The minimum absolute atomic E-state index is 0.274.